The Balaban J connectivity index is 1.61. The summed E-state index contributed by atoms with van der Waals surface area (Å²) in [6, 6.07) is 2.60. The molecule has 4 rings (SSSR count). The Kier molecular flexibility index (Phi) is 7.70. The highest BCUT2D eigenvalue weighted by Crippen LogP contribution is 2.39. The fourth-order valence-electron chi connectivity index (χ4n) is 3.99. The fourth-order valence-corrected chi connectivity index (χ4v) is 5.00. The lowest BCUT2D eigenvalue weighted by Gasteiger charge is -2.37. The molecule has 1 aliphatic rings. The minimum Gasteiger partial charge on any atom is -0.456 e. The standard InChI is InChI=1S/C24H33N9O4Si/c1-14(31-32-26)19-15(8-7-9-27-19)23(34)37-16-10-18(33-13-30-20-21(25)28-12-29-22(20)33)36-17(16)11-35-38(5,6)24(2,3)4/h7-9,12-14,16-18H,10-11H2,1-6H3,(H2,25,28,29)/t14?,16-,17-,18-/m1/s1. The monoisotopic (exact) mass is 539 g/mol. The van der Waals surface area contributed by atoms with Crippen LogP contribution in [0.4, 0.5) is 5.82 Å². The average Bonchev–Trinajstić information content (AvgIpc) is 3.47. The van der Waals surface area contributed by atoms with E-state index in [4.69, 9.17) is 25.2 Å². The summed E-state index contributed by atoms with van der Waals surface area (Å²) in [5.41, 5.74) is 16.4. The van der Waals surface area contributed by atoms with Gasteiger partial charge in [0, 0.05) is 17.5 Å². The molecule has 0 aromatic carbocycles. The Morgan fingerprint density at radius 3 is 2.82 bits per heavy atom. The molecular weight excluding hydrogens is 506 g/mol. The second-order valence-electron chi connectivity index (χ2n) is 10.8. The fraction of sp³-hybridized carbons (Fsp3) is 0.542. The van der Waals surface area contributed by atoms with Gasteiger partial charge in [-0.05, 0) is 35.8 Å². The first-order valence-electron chi connectivity index (χ1n) is 12.4. The van der Waals surface area contributed by atoms with Crippen LogP contribution in [-0.4, -0.2) is 57.6 Å². The zero-order valence-electron chi connectivity index (χ0n) is 22.4. The first-order chi connectivity index (χ1) is 17.9. The molecule has 3 aromatic rings. The molecule has 2 N–H and O–H groups in total. The molecule has 13 nitrogen and oxygen atoms in total. The number of esters is 1. The molecule has 4 heterocycles. The van der Waals surface area contributed by atoms with Crippen molar-refractivity contribution < 1.29 is 18.7 Å². The summed E-state index contributed by atoms with van der Waals surface area (Å²) in [5.74, 6) is -0.312. The normalized spacial score (nSPS) is 20.7. The number of carbonyl (C=O) groups excluding carboxylic acids is 1. The van der Waals surface area contributed by atoms with Gasteiger partial charge in [-0.2, -0.15) is 0 Å². The largest absolute Gasteiger partial charge is 0.456 e. The van der Waals surface area contributed by atoms with Crippen LogP contribution < -0.4 is 5.73 Å². The third-order valence-electron chi connectivity index (χ3n) is 7.23. The third kappa shape index (κ3) is 5.48. The van der Waals surface area contributed by atoms with Crippen molar-refractivity contribution in [2.45, 2.75) is 76.7 Å². The lowest BCUT2D eigenvalue weighted by molar-refractivity contribution is -0.0476. The highest BCUT2D eigenvalue weighted by atomic mass is 28.4. The van der Waals surface area contributed by atoms with Gasteiger partial charge in [-0.1, -0.05) is 32.8 Å². The first kappa shape index (κ1) is 27.5. The van der Waals surface area contributed by atoms with Crippen LogP contribution in [0.15, 0.2) is 36.1 Å². The third-order valence-corrected chi connectivity index (χ3v) is 11.7. The van der Waals surface area contributed by atoms with Gasteiger partial charge in [0.1, 0.15) is 30.3 Å². The molecule has 38 heavy (non-hydrogen) atoms. The molecule has 14 heteroatoms. The van der Waals surface area contributed by atoms with E-state index in [1.807, 2.05) is 0 Å². The minimum absolute atomic E-state index is 0.00577. The summed E-state index contributed by atoms with van der Waals surface area (Å²) in [4.78, 5) is 33.1. The predicted octanol–water partition coefficient (Wildman–Crippen LogP) is 4.71. The van der Waals surface area contributed by atoms with Crippen LogP contribution in [0.5, 0.6) is 0 Å². The number of fused-ring (bicyclic) bond motifs is 1. The quantitative estimate of drug-likeness (QED) is 0.140. The van der Waals surface area contributed by atoms with Gasteiger partial charge in [0.2, 0.25) is 0 Å². The van der Waals surface area contributed by atoms with Crippen molar-refractivity contribution >= 4 is 31.3 Å². The molecule has 0 radical (unpaired) electrons. The zero-order chi connectivity index (χ0) is 27.7. The molecule has 0 bridgehead atoms. The van der Waals surface area contributed by atoms with Crippen LogP contribution in [0, 0.1) is 0 Å². The Morgan fingerprint density at radius 1 is 1.34 bits per heavy atom. The predicted molar refractivity (Wildman–Crippen MR) is 142 cm³/mol. The first-order valence-corrected chi connectivity index (χ1v) is 15.3. The number of rotatable bonds is 8. The van der Waals surface area contributed by atoms with Gasteiger partial charge in [-0.15, -0.1) is 0 Å². The molecule has 0 saturated carbocycles. The summed E-state index contributed by atoms with van der Waals surface area (Å²) in [6.45, 7) is 12.7. The van der Waals surface area contributed by atoms with Crippen molar-refractivity contribution in [2.75, 3.05) is 12.3 Å². The molecule has 0 aliphatic carbocycles. The van der Waals surface area contributed by atoms with Gasteiger partial charge in [0.05, 0.1) is 30.2 Å². The van der Waals surface area contributed by atoms with Gasteiger partial charge < -0.3 is 19.6 Å². The van der Waals surface area contributed by atoms with Crippen LogP contribution in [0.1, 0.15) is 62.4 Å². The van der Waals surface area contributed by atoms with Crippen LogP contribution in [0.25, 0.3) is 21.6 Å². The Bertz CT molecular complexity index is 1370. The van der Waals surface area contributed by atoms with Crippen molar-refractivity contribution in [3.05, 3.63) is 52.7 Å². The summed E-state index contributed by atoms with van der Waals surface area (Å²) in [5, 5.41) is 3.68. The number of azide groups is 1. The molecule has 4 atom stereocenters. The number of anilines is 1. The van der Waals surface area contributed by atoms with Gasteiger partial charge in [0.25, 0.3) is 0 Å². The van der Waals surface area contributed by atoms with E-state index < -0.39 is 38.8 Å². The number of hydrogen-bond donors (Lipinski definition) is 1. The van der Waals surface area contributed by atoms with Gasteiger partial charge in [-0.3, -0.25) is 9.55 Å². The van der Waals surface area contributed by atoms with Crippen LogP contribution in [0.3, 0.4) is 0 Å². The topological polar surface area (TPSA) is 176 Å². The lowest BCUT2D eigenvalue weighted by Crippen LogP contribution is -2.44. The number of carbonyl (C=O) groups is 1. The molecule has 1 saturated heterocycles. The Morgan fingerprint density at radius 2 is 2.11 bits per heavy atom. The van der Waals surface area contributed by atoms with E-state index in [-0.39, 0.29) is 23.0 Å². The SMILES string of the molecule is CC(N=[N+]=[N-])c1ncccc1C(=O)O[C@@H]1C[C@H](n2cnc3c(N)ncnc32)O[C@@H]1CO[Si](C)(C)C(C)(C)C. The number of aromatic nitrogens is 5. The minimum atomic E-state index is -2.11. The highest BCUT2D eigenvalue weighted by molar-refractivity contribution is 6.74. The van der Waals surface area contributed by atoms with E-state index in [2.05, 4.69) is 63.8 Å². The zero-order valence-corrected chi connectivity index (χ0v) is 23.4. The summed E-state index contributed by atoms with van der Waals surface area (Å²) in [7, 11) is -2.11. The molecule has 0 spiro atoms. The van der Waals surface area contributed by atoms with Crippen LogP contribution in [-0.2, 0) is 13.9 Å². The molecule has 1 unspecified atom stereocenters. The number of nitrogens with zero attached hydrogens (tertiary/aromatic N) is 8. The van der Waals surface area contributed by atoms with E-state index >= 15 is 0 Å². The van der Waals surface area contributed by atoms with E-state index in [0.29, 0.717) is 23.3 Å². The van der Waals surface area contributed by atoms with Crippen LogP contribution >= 0.6 is 0 Å². The Labute approximate surface area is 221 Å². The van der Waals surface area contributed by atoms with Crippen molar-refractivity contribution in [2.24, 2.45) is 5.11 Å². The van der Waals surface area contributed by atoms with E-state index in [1.165, 1.54) is 12.5 Å². The van der Waals surface area contributed by atoms with E-state index in [1.54, 1.807) is 30.0 Å². The average molecular weight is 540 g/mol. The van der Waals surface area contributed by atoms with E-state index in [0.717, 1.165) is 0 Å². The van der Waals surface area contributed by atoms with Crippen LogP contribution in [0.2, 0.25) is 18.1 Å². The lowest BCUT2D eigenvalue weighted by atomic mass is 10.1. The number of imidazole rings is 1. The number of ether oxygens (including phenoxy) is 2. The molecule has 3 aromatic heterocycles. The number of pyridine rings is 1. The van der Waals surface area contributed by atoms with Crippen molar-refractivity contribution in [1.82, 2.24) is 24.5 Å². The van der Waals surface area contributed by atoms with E-state index in [9.17, 15) is 4.79 Å². The van der Waals surface area contributed by atoms with Gasteiger partial charge in [0.15, 0.2) is 19.8 Å². The summed E-state index contributed by atoms with van der Waals surface area (Å²) in [6.07, 6.45) is 3.16. The van der Waals surface area contributed by atoms with Crippen molar-refractivity contribution in [1.29, 1.82) is 0 Å². The molecular formula is C24H33N9O4Si. The Hall–Kier alpha value is -3.58. The molecule has 0 amide bonds. The molecule has 202 valence electrons. The number of nitrogen functional groups attached to an aromatic ring is 1. The summed E-state index contributed by atoms with van der Waals surface area (Å²) < 4.78 is 20.6. The number of nitrogens with two attached hydrogens (primary N) is 1. The molecule has 1 fully saturated rings. The van der Waals surface area contributed by atoms with Crippen molar-refractivity contribution in [3.8, 4) is 0 Å². The second kappa shape index (κ2) is 10.7. The van der Waals surface area contributed by atoms with Gasteiger partial charge >= 0.3 is 5.97 Å². The van der Waals surface area contributed by atoms with Gasteiger partial charge in [-0.25, -0.2) is 19.7 Å². The highest BCUT2D eigenvalue weighted by Gasteiger charge is 2.43. The second-order valence-corrected chi connectivity index (χ2v) is 15.6. The maximum atomic E-state index is 13.3. The smallest absolute Gasteiger partial charge is 0.340 e. The molecule has 1 aliphatic heterocycles. The van der Waals surface area contributed by atoms with Crippen molar-refractivity contribution in [3.63, 3.8) is 0 Å². The summed E-state index contributed by atoms with van der Waals surface area (Å²) >= 11 is 0. The maximum Gasteiger partial charge on any atom is 0.340 e. The maximum absolute atomic E-state index is 13.3. The number of hydrogen-bond acceptors (Lipinski definition) is 10.